The van der Waals surface area contributed by atoms with Crippen LogP contribution in [0.15, 0.2) is 10.7 Å². The summed E-state index contributed by atoms with van der Waals surface area (Å²) in [5.74, 6) is 0. The molecule has 1 heterocycles. The third-order valence-electron chi connectivity index (χ3n) is 1.08. The first-order valence-electron chi connectivity index (χ1n) is 3.75. The first-order chi connectivity index (χ1) is 5.88. The minimum absolute atomic E-state index is 0.292. The Bertz CT molecular complexity index is 312. The van der Waals surface area contributed by atoms with Gasteiger partial charge in [-0.15, -0.1) is 0 Å². The average molecular weight is 266 g/mol. The summed E-state index contributed by atoms with van der Waals surface area (Å²) >= 11 is 8.96. The maximum Gasteiger partial charge on any atom is 0.318 e. The van der Waals surface area contributed by atoms with Crippen LogP contribution in [-0.4, -0.2) is 15.6 Å². The van der Waals surface area contributed by atoms with Gasteiger partial charge in [0.1, 0.15) is 5.60 Å². The van der Waals surface area contributed by atoms with Crippen molar-refractivity contribution >= 4 is 27.5 Å². The zero-order chi connectivity index (χ0) is 10.1. The molecule has 0 radical (unpaired) electrons. The molecule has 0 aromatic carbocycles. The molecule has 1 aromatic heterocycles. The molecule has 0 aliphatic rings. The van der Waals surface area contributed by atoms with Crippen molar-refractivity contribution in [2.45, 2.75) is 26.4 Å². The van der Waals surface area contributed by atoms with Gasteiger partial charge in [-0.3, -0.25) is 0 Å². The molecule has 0 unspecified atom stereocenters. The van der Waals surface area contributed by atoms with Crippen LogP contribution in [0.2, 0.25) is 5.15 Å². The number of hydrogen-bond acceptors (Lipinski definition) is 3. The highest BCUT2D eigenvalue weighted by Gasteiger charge is 2.14. The van der Waals surface area contributed by atoms with Gasteiger partial charge in [0.2, 0.25) is 0 Å². The van der Waals surface area contributed by atoms with Crippen molar-refractivity contribution in [1.29, 1.82) is 0 Å². The van der Waals surface area contributed by atoms with Gasteiger partial charge in [-0.1, -0.05) is 11.6 Å². The van der Waals surface area contributed by atoms with Gasteiger partial charge in [0, 0.05) is 6.20 Å². The molecule has 1 aromatic rings. The molecular weight excluding hydrogens is 255 g/mol. The first-order valence-corrected chi connectivity index (χ1v) is 4.92. The lowest BCUT2D eigenvalue weighted by atomic mass is 10.2. The molecule has 0 bridgehead atoms. The maximum atomic E-state index is 5.76. The van der Waals surface area contributed by atoms with Gasteiger partial charge < -0.3 is 4.74 Å². The van der Waals surface area contributed by atoms with Crippen molar-refractivity contribution in [3.8, 4) is 6.01 Å². The molecular formula is C8H10BrClN2O. The molecule has 5 heteroatoms. The molecule has 13 heavy (non-hydrogen) atoms. The van der Waals surface area contributed by atoms with Gasteiger partial charge in [-0.2, -0.15) is 4.98 Å². The van der Waals surface area contributed by atoms with E-state index in [-0.39, 0.29) is 5.60 Å². The summed E-state index contributed by atoms with van der Waals surface area (Å²) in [6, 6.07) is 0.292. The second kappa shape index (κ2) is 3.80. The topological polar surface area (TPSA) is 35.0 Å². The van der Waals surface area contributed by atoms with Crippen LogP contribution in [0.3, 0.4) is 0 Å². The molecule has 0 atom stereocenters. The Morgan fingerprint density at radius 1 is 1.46 bits per heavy atom. The average Bonchev–Trinajstić information content (AvgIpc) is 1.94. The summed E-state index contributed by atoms with van der Waals surface area (Å²) in [5, 5.41) is 0.356. The van der Waals surface area contributed by atoms with E-state index in [1.807, 2.05) is 20.8 Å². The lowest BCUT2D eigenvalue weighted by Gasteiger charge is -2.19. The Hall–Kier alpha value is -0.350. The number of nitrogens with zero attached hydrogens (tertiary/aromatic N) is 2. The number of hydrogen-bond donors (Lipinski definition) is 0. The zero-order valence-electron chi connectivity index (χ0n) is 7.64. The number of rotatable bonds is 1. The summed E-state index contributed by atoms with van der Waals surface area (Å²) in [6.07, 6.45) is 1.57. The van der Waals surface area contributed by atoms with Gasteiger partial charge in [-0.05, 0) is 36.7 Å². The monoisotopic (exact) mass is 264 g/mol. The summed E-state index contributed by atoms with van der Waals surface area (Å²) in [5.41, 5.74) is -0.308. The van der Waals surface area contributed by atoms with Crippen LogP contribution in [0, 0.1) is 0 Å². The van der Waals surface area contributed by atoms with Crippen LogP contribution in [0.5, 0.6) is 6.01 Å². The fraction of sp³-hybridized carbons (Fsp3) is 0.500. The van der Waals surface area contributed by atoms with Crippen molar-refractivity contribution in [2.75, 3.05) is 0 Å². The van der Waals surface area contributed by atoms with E-state index in [1.165, 1.54) is 0 Å². The molecule has 0 aliphatic heterocycles. The van der Waals surface area contributed by atoms with E-state index >= 15 is 0 Å². The smallest absolute Gasteiger partial charge is 0.318 e. The summed E-state index contributed by atoms with van der Waals surface area (Å²) in [4.78, 5) is 7.90. The minimum atomic E-state index is -0.308. The molecule has 0 fully saturated rings. The third kappa shape index (κ3) is 3.48. The SMILES string of the molecule is CC(C)(C)Oc1ncc(Br)c(Cl)n1. The molecule has 0 spiro atoms. The minimum Gasteiger partial charge on any atom is -0.458 e. The van der Waals surface area contributed by atoms with Crippen LogP contribution in [0.1, 0.15) is 20.8 Å². The van der Waals surface area contributed by atoms with Crippen molar-refractivity contribution in [1.82, 2.24) is 9.97 Å². The number of aromatic nitrogens is 2. The summed E-state index contributed by atoms with van der Waals surface area (Å²) in [7, 11) is 0. The predicted octanol–water partition coefficient (Wildman–Crippen LogP) is 3.07. The Balaban J connectivity index is 2.86. The van der Waals surface area contributed by atoms with Gasteiger partial charge >= 0.3 is 6.01 Å². The third-order valence-corrected chi connectivity index (χ3v) is 2.17. The van der Waals surface area contributed by atoms with E-state index in [9.17, 15) is 0 Å². The highest BCUT2D eigenvalue weighted by atomic mass is 79.9. The van der Waals surface area contributed by atoms with Gasteiger partial charge in [0.25, 0.3) is 0 Å². The van der Waals surface area contributed by atoms with E-state index in [0.29, 0.717) is 15.6 Å². The van der Waals surface area contributed by atoms with E-state index in [0.717, 1.165) is 0 Å². The lowest BCUT2D eigenvalue weighted by Crippen LogP contribution is -2.24. The standard InChI is InChI=1S/C8H10BrClN2O/c1-8(2,3)13-7-11-4-5(9)6(10)12-7/h4H,1-3H3. The normalized spacial score (nSPS) is 11.5. The van der Waals surface area contributed by atoms with Crippen LogP contribution >= 0.6 is 27.5 Å². The van der Waals surface area contributed by atoms with Gasteiger partial charge in [0.15, 0.2) is 5.15 Å². The molecule has 0 saturated heterocycles. The molecule has 72 valence electrons. The van der Waals surface area contributed by atoms with E-state index < -0.39 is 0 Å². The highest BCUT2D eigenvalue weighted by Crippen LogP contribution is 2.22. The number of ether oxygens (including phenoxy) is 1. The van der Waals surface area contributed by atoms with Crippen LogP contribution < -0.4 is 4.74 Å². The molecule has 0 aliphatic carbocycles. The second-order valence-corrected chi connectivity index (χ2v) is 4.72. The molecule has 0 N–H and O–H groups in total. The quantitative estimate of drug-likeness (QED) is 0.732. The summed E-state index contributed by atoms with van der Waals surface area (Å²) < 4.78 is 6.07. The fourth-order valence-corrected chi connectivity index (χ4v) is 0.967. The maximum absolute atomic E-state index is 5.76. The van der Waals surface area contributed by atoms with Gasteiger partial charge in [0.05, 0.1) is 4.47 Å². The molecule has 0 amide bonds. The van der Waals surface area contributed by atoms with E-state index in [2.05, 4.69) is 25.9 Å². The van der Waals surface area contributed by atoms with Crippen LogP contribution in [0.4, 0.5) is 0 Å². The summed E-state index contributed by atoms with van der Waals surface area (Å²) in [6.45, 7) is 5.77. The van der Waals surface area contributed by atoms with Gasteiger partial charge in [-0.25, -0.2) is 4.98 Å². The zero-order valence-corrected chi connectivity index (χ0v) is 9.98. The second-order valence-electron chi connectivity index (χ2n) is 3.51. The Morgan fingerprint density at radius 3 is 2.54 bits per heavy atom. The predicted molar refractivity (Wildman–Crippen MR) is 55.1 cm³/mol. The molecule has 1 rings (SSSR count). The van der Waals surface area contributed by atoms with Crippen LogP contribution in [0.25, 0.3) is 0 Å². The fourth-order valence-electron chi connectivity index (χ4n) is 0.654. The molecule has 3 nitrogen and oxygen atoms in total. The Kier molecular flexibility index (Phi) is 3.14. The highest BCUT2D eigenvalue weighted by molar-refractivity contribution is 9.10. The lowest BCUT2D eigenvalue weighted by molar-refractivity contribution is 0.117. The van der Waals surface area contributed by atoms with E-state index in [1.54, 1.807) is 6.20 Å². The van der Waals surface area contributed by atoms with E-state index in [4.69, 9.17) is 16.3 Å². The van der Waals surface area contributed by atoms with Crippen molar-refractivity contribution in [3.05, 3.63) is 15.8 Å². The van der Waals surface area contributed by atoms with Crippen molar-refractivity contribution in [2.24, 2.45) is 0 Å². The van der Waals surface area contributed by atoms with Crippen molar-refractivity contribution < 1.29 is 4.74 Å². The number of halogens is 2. The molecule has 0 saturated carbocycles. The Morgan fingerprint density at radius 2 is 2.08 bits per heavy atom. The van der Waals surface area contributed by atoms with Crippen molar-refractivity contribution in [3.63, 3.8) is 0 Å². The largest absolute Gasteiger partial charge is 0.458 e. The Labute approximate surface area is 90.6 Å². The van der Waals surface area contributed by atoms with Crippen LogP contribution in [-0.2, 0) is 0 Å². The first kappa shape index (κ1) is 10.7.